The second-order valence-corrected chi connectivity index (χ2v) is 9.37. The minimum absolute atomic E-state index is 0.108. The number of benzene rings is 1. The molecule has 0 saturated heterocycles. The Morgan fingerprint density at radius 2 is 2.04 bits per heavy atom. The van der Waals surface area contributed by atoms with Crippen LogP contribution in [0.5, 0.6) is 0 Å². The van der Waals surface area contributed by atoms with E-state index in [2.05, 4.69) is 23.8 Å². The number of rotatable bonds is 5. The molecule has 1 aromatic carbocycles. The van der Waals surface area contributed by atoms with Gasteiger partial charge in [-0.3, -0.25) is 4.72 Å². The van der Waals surface area contributed by atoms with Crippen molar-refractivity contribution in [3.05, 3.63) is 40.5 Å². The predicted molar refractivity (Wildman–Crippen MR) is 106 cm³/mol. The number of nitrogens with one attached hydrogen (secondary N) is 1. The van der Waals surface area contributed by atoms with E-state index in [0.29, 0.717) is 21.7 Å². The summed E-state index contributed by atoms with van der Waals surface area (Å²) in [4.78, 5) is 1.11. The molecule has 0 atom stereocenters. The van der Waals surface area contributed by atoms with Crippen LogP contribution in [0.3, 0.4) is 0 Å². The third kappa shape index (κ3) is 3.11. The first kappa shape index (κ1) is 18.0. The number of aryl methyl sites for hydroxylation is 2. The van der Waals surface area contributed by atoms with Crippen molar-refractivity contribution in [2.45, 2.75) is 32.1 Å². The van der Waals surface area contributed by atoms with E-state index < -0.39 is 10.0 Å². The molecule has 1 N–H and O–H groups in total. The van der Waals surface area contributed by atoms with E-state index in [1.165, 1.54) is 17.4 Å². The van der Waals surface area contributed by atoms with Gasteiger partial charge in [0.2, 0.25) is 0 Å². The highest BCUT2D eigenvalue weighted by Crippen LogP contribution is 2.37. The summed E-state index contributed by atoms with van der Waals surface area (Å²) < 4.78 is 38.7. The third-order valence-electron chi connectivity index (χ3n) is 4.25. The van der Waals surface area contributed by atoms with Gasteiger partial charge in [0.15, 0.2) is 0 Å². The third-order valence-corrected chi connectivity index (χ3v) is 7.42. The summed E-state index contributed by atoms with van der Waals surface area (Å²) in [5, 5.41) is 8.77. The smallest absolute Gasteiger partial charge is 0.264 e. The first-order chi connectivity index (χ1) is 12.9. The molecule has 27 heavy (non-hydrogen) atoms. The van der Waals surface area contributed by atoms with Crippen molar-refractivity contribution in [3.63, 3.8) is 0 Å². The highest BCUT2D eigenvalue weighted by atomic mass is 32.2. The molecule has 3 aromatic heterocycles. The molecule has 0 fully saturated rings. The Kier molecular flexibility index (Phi) is 4.44. The molecule has 11 heteroatoms. The van der Waals surface area contributed by atoms with Gasteiger partial charge < -0.3 is 0 Å². The van der Waals surface area contributed by atoms with Crippen molar-refractivity contribution in [1.29, 1.82) is 0 Å². The molecule has 0 spiro atoms. The van der Waals surface area contributed by atoms with Gasteiger partial charge in [-0.25, -0.2) is 13.1 Å². The number of nitrogens with zero attached hydrogens (tertiary/aromatic N) is 5. The van der Waals surface area contributed by atoms with Gasteiger partial charge >= 0.3 is 0 Å². The lowest BCUT2D eigenvalue weighted by molar-refractivity contribution is 0.602. The molecule has 4 aromatic rings. The van der Waals surface area contributed by atoms with Crippen molar-refractivity contribution < 1.29 is 8.42 Å². The lowest BCUT2D eigenvalue weighted by Crippen LogP contribution is -2.14. The van der Waals surface area contributed by atoms with Gasteiger partial charge in [0.1, 0.15) is 26.6 Å². The van der Waals surface area contributed by atoms with Crippen molar-refractivity contribution in [1.82, 2.24) is 23.7 Å². The minimum atomic E-state index is -3.84. The first-order valence-corrected chi connectivity index (χ1v) is 11.2. The monoisotopic (exact) mass is 420 g/mol. The zero-order chi connectivity index (χ0) is 19.2. The van der Waals surface area contributed by atoms with E-state index in [1.54, 1.807) is 16.8 Å². The van der Waals surface area contributed by atoms with Crippen LogP contribution in [0.1, 0.15) is 23.1 Å². The average Bonchev–Trinajstić information content (AvgIpc) is 3.34. The molecular weight excluding hydrogens is 404 g/mol. The summed E-state index contributed by atoms with van der Waals surface area (Å²) in [5.74, 6) is 0. The molecule has 0 saturated carbocycles. The second-order valence-electron chi connectivity index (χ2n) is 5.96. The van der Waals surface area contributed by atoms with E-state index >= 15 is 0 Å². The Labute approximate surface area is 164 Å². The number of hydrogen-bond donors (Lipinski definition) is 1. The van der Waals surface area contributed by atoms with Crippen LogP contribution in [0.4, 0.5) is 5.00 Å². The summed E-state index contributed by atoms with van der Waals surface area (Å²) in [5.41, 5.74) is 3.42. The second kappa shape index (κ2) is 6.66. The van der Waals surface area contributed by atoms with E-state index in [4.69, 9.17) is 0 Å². The minimum Gasteiger partial charge on any atom is -0.268 e. The molecule has 0 bridgehead atoms. The maximum atomic E-state index is 13.1. The molecule has 0 aliphatic heterocycles. The van der Waals surface area contributed by atoms with Crippen LogP contribution in [-0.4, -0.2) is 32.2 Å². The van der Waals surface area contributed by atoms with Crippen molar-refractivity contribution in [2.24, 2.45) is 0 Å². The Morgan fingerprint density at radius 1 is 1.22 bits per heavy atom. The van der Waals surface area contributed by atoms with E-state index in [0.717, 1.165) is 34.3 Å². The number of fused-ring (bicyclic) bond motifs is 1. The molecule has 0 aliphatic rings. The van der Waals surface area contributed by atoms with Gasteiger partial charge in [-0.2, -0.15) is 8.75 Å². The highest BCUT2D eigenvalue weighted by molar-refractivity contribution is 7.93. The molecule has 4 rings (SSSR count). The fourth-order valence-electron chi connectivity index (χ4n) is 2.70. The topological polar surface area (TPSA) is 103 Å². The normalized spacial score (nSPS) is 12.0. The molecule has 0 aliphatic carbocycles. The lowest BCUT2D eigenvalue weighted by atomic mass is 10.2. The van der Waals surface area contributed by atoms with Gasteiger partial charge in [0.05, 0.1) is 23.6 Å². The highest BCUT2D eigenvalue weighted by Gasteiger charge is 2.24. The van der Waals surface area contributed by atoms with Crippen LogP contribution in [0.15, 0.2) is 29.3 Å². The Morgan fingerprint density at radius 3 is 2.78 bits per heavy atom. The SMILES string of the molecule is CCc1cn(-c2c(NS(=O)(=O)c3cccc4nsnc34)sc(C)c2C)nn1. The van der Waals surface area contributed by atoms with Crippen LogP contribution < -0.4 is 4.72 Å². The predicted octanol–water partition coefficient (Wildman–Crippen LogP) is 3.31. The van der Waals surface area contributed by atoms with Crippen LogP contribution in [0.25, 0.3) is 16.7 Å². The first-order valence-electron chi connectivity index (χ1n) is 8.16. The number of aromatic nitrogens is 5. The number of sulfonamides is 1. The Balaban J connectivity index is 1.81. The molecule has 140 valence electrons. The summed E-state index contributed by atoms with van der Waals surface area (Å²) in [6.45, 7) is 5.88. The van der Waals surface area contributed by atoms with Gasteiger partial charge in [-0.05, 0) is 38.0 Å². The molecule has 0 unspecified atom stereocenters. The number of anilines is 1. The summed E-state index contributed by atoms with van der Waals surface area (Å²) in [7, 11) is -3.84. The fraction of sp³-hybridized carbons (Fsp3) is 0.250. The number of hydrogen-bond acceptors (Lipinski definition) is 8. The van der Waals surface area contributed by atoms with Crippen LogP contribution >= 0.6 is 23.1 Å². The molecule has 0 radical (unpaired) electrons. The zero-order valence-corrected chi connectivity index (χ0v) is 17.2. The van der Waals surface area contributed by atoms with Crippen molar-refractivity contribution in [3.8, 4) is 5.69 Å². The summed E-state index contributed by atoms with van der Waals surface area (Å²) in [6.07, 6.45) is 2.57. The van der Waals surface area contributed by atoms with Crippen LogP contribution in [-0.2, 0) is 16.4 Å². The van der Waals surface area contributed by atoms with Crippen LogP contribution in [0, 0.1) is 13.8 Å². The average molecular weight is 421 g/mol. The number of thiophene rings is 1. The van der Waals surface area contributed by atoms with Gasteiger partial charge in [0.25, 0.3) is 10.0 Å². The maximum Gasteiger partial charge on any atom is 0.264 e. The fourth-order valence-corrected chi connectivity index (χ4v) is 5.82. The largest absolute Gasteiger partial charge is 0.268 e. The van der Waals surface area contributed by atoms with Crippen molar-refractivity contribution in [2.75, 3.05) is 4.72 Å². The van der Waals surface area contributed by atoms with Crippen LogP contribution in [0.2, 0.25) is 0 Å². The summed E-state index contributed by atoms with van der Waals surface area (Å²) in [6, 6.07) is 4.93. The Hall–Kier alpha value is -2.37. The van der Waals surface area contributed by atoms with E-state index in [1.807, 2.05) is 27.0 Å². The summed E-state index contributed by atoms with van der Waals surface area (Å²) >= 11 is 2.36. The molecule has 3 heterocycles. The zero-order valence-electron chi connectivity index (χ0n) is 14.8. The lowest BCUT2D eigenvalue weighted by Gasteiger charge is -2.09. The van der Waals surface area contributed by atoms with E-state index in [9.17, 15) is 8.42 Å². The van der Waals surface area contributed by atoms with Gasteiger partial charge in [-0.15, -0.1) is 16.4 Å². The Bertz CT molecular complexity index is 1240. The molecule has 0 amide bonds. The standard InChI is InChI=1S/C16H16N6O2S3/c1-4-11-8-22(21-17-11)15-9(2)10(3)25-16(15)20-27(23,24)13-7-5-6-12-14(13)19-26-18-12/h5-8,20H,4H2,1-3H3. The molecular formula is C16H16N6O2S3. The van der Waals surface area contributed by atoms with Crippen molar-refractivity contribution >= 4 is 49.1 Å². The van der Waals surface area contributed by atoms with E-state index in [-0.39, 0.29) is 4.90 Å². The van der Waals surface area contributed by atoms with Gasteiger partial charge in [0, 0.05) is 4.88 Å². The molecule has 8 nitrogen and oxygen atoms in total. The quantitative estimate of drug-likeness (QED) is 0.531. The maximum absolute atomic E-state index is 13.1. The van der Waals surface area contributed by atoms with Gasteiger partial charge in [-0.1, -0.05) is 18.2 Å².